The number of benzene rings is 2. The number of hydrogen-bond donors (Lipinski definition) is 2. The summed E-state index contributed by atoms with van der Waals surface area (Å²) in [6.07, 6.45) is 3.06. The topological polar surface area (TPSA) is 58.6 Å². The molecule has 4 nitrogen and oxygen atoms in total. The molecule has 0 atom stereocenters. The van der Waals surface area contributed by atoms with E-state index in [1.807, 2.05) is 6.92 Å². The summed E-state index contributed by atoms with van der Waals surface area (Å²) in [5.74, 6) is 0.706. The molecule has 0 spiro atoms. The summed E-state index contributed by atoms with van der Waals surface area (Å²) in [6, 6.07) is 13.9. The van der Waals surface area contributed by atoms with Crippen LogP contribution in [0.2, 0.25) is 0 Å². The molecule has 21 heavy (non-hydrogen) atoms. The first-order valence-corrected chi connectivity index (χ1v) is 6.68. The van der Waals surface area contributed by atoms with E-state index < -0.39 is 0 Å². The van der Waals surface area contributed by atoms with E-state index in [1.165, 1.54) is 6.08 Å². The fraction of sp³-hybridized carbons (Fsp3) is 0.118. The van der Waals surface area contributed by atoms with Crippen molar-refractivity contribution in [3.63, 3.8) is 0 Å². The monoisotopic (exact) mass is 283 g/mol. The minimum atomic E-state index is -0.234. The maximum absolute atomic E-state index is 11.8. The molecule has 0 aliphatic carbocycles. The Morgan fingerprint density at radius 1 is 1.24 bits per heavy atom. The maximum atomic E-state index is 11.8. The molecule has 108 valence electrons. The van der Waals surface area contributed by atoms with Gasteiger partial charge in [-0.25, -0.2) is 0 Å². The van der Waals surface area contributed by atoms with Gasteiger partial charge in [-0.05, 0) is 55.0 Å². The van der Waals surface area contributed by atoms with Gasteiger partial charge < -0.3 is 15.2 Å². The van der Waals surface area contributed by atoms with Crippen LogP contribution >= 0.6 is 0 Å². The number of amides is 1. The van der Waals surface area contributed by atoms with E-state index >= 15 is 0 Å². The van der Waals surface area contributed by atoms with Gasteiger partial charge in [-0.3, -0.25) is 4.79 Å². The van der Waals surface area contributed by atoms with Crippen LogP contribution in [-0.2, 0) is 4.79 Å². The highest BCUT2D eigenvalue weighted by Gasteiger charge is 1.99. The summed E-state index contributed by atoms with van der Waals surface area (Å²) in [6.45, 7) is 2.53. The number of anilines is 1. The van der Waals surface area contributed by atoms with Crippen molar-refractivity contribution in [2.45, 2.75) is 6.92 Å². The fourth-order valence-electron chi connectivity index (χ4n) is 1.79. The van der Waals surface area contributed by atoms with Crippen molar-refractivity contribution < 1.29 is 14.6 Å². The van der Waals surface area contributed by atoms with Crippen LogP contribution in [0.15, 0.2) is 54.6 Å². The van der Waals surface area contributed by atoms with Crippen molar-refractivity contribution in [3.8, 4) is 11.5 Å². The summed E-state index contributed by atoms with van der Waals surface area (Å²) in [5.41, 5.74) is 1.46. The van der Waals surface area contributed by atoms with Crippen LogP contribution in [-0.4, -0.2) is 17.6 Å². The predicted molar refractivity (Wildman–Crippen MR) is 83.4 cm³/mol. The lowest BCUT2D eigenvalue weighted by molar-refractivity contribution is -0.111. The smallest absolute Gasteiger partial charge is 0.248 e. The van der Waals surface area contributed by atoms with Crippen molar-refractivity contribution >= 4 is 17.7 Å². The molecule has 0 bridgehead atoms. The van der Waals surface area contributed by atoms with E-state index in [9.17, 15) is 9.90 Å². The minimum absolute atomic E-state index is 0.170. The van der Waals surface area contributed by atoms with Gasteiger partial charge in [-0.2, -0.15) is 0 Å². The molecule has 0 fully saturated rings. The van der Waals surface area contributed by atoms with E-state index in [2.05, 4.69) is 5.32 Å². The highest BCUT2D eigenvalue weighted by atomic mass is 16.5. The standard InChI is InChI=1S/C17H17NO3/c1-2-21-16-9-7-14(8-10-16)18-17(20)11-6-13-4-3-5-15(19)12-13/h3-12,19H,2H2,1H3,(H,18,20)/b11-6+. The van der Waals surface area contributed by atoms with Gasteiger partial charge in [-0.1, -0.05) is 12.1 Å². The van der Waals surface area contributed by atoms with Gasteiger partial charge in [0.15, 0.2) is 0 Å². The number of rotatable bonds is 5. The van der Waals surface area contributed by atoms with Gasteiger partial charge in [0.1, 0.15) is 11.5 Å². The fourth-order valence-corrected chi connectivity index (χ4v) is 1.79. The first-order chi connectivity index (χ1) is 10.2. The Morgan fingerprint density at radius 2 is 2.00 bits per heavy atom. The second kappa shape index (κ2) is 7.14. The Bertz CT molecular complexity index is 633. The molecule has 0 saturated heterocycles. The zero-order valence-corrected chi connectivity index (χ0v) is 11.7. The van der Waals surface area contributed by atoms with Crippen molar-refractivity contribution in [3.05, 3.63) is 60.2 Å². The predicted octanol–water partition coefficient (Wildman–Crippen LogP) is 3.44. The SMILES string of the molecule is CCOc1ccc(NC(=O)/C=C/c2cccc(O)c2)cc1. The zero-order chi connectivity index (χ0) is 15.1. The summed E-state index contributed by atoms with van der Waals surface area (Å²) in [7, 11) is 0. The summed E-state index contributed by atoms with van der Waals surface area (Å²) >= 11 is 0. The molecule has 2 aromatic rings. The van der Waals surface area contributed by atoms with E-state index in [-0.39, 0.29) is 11.7 Å². The third-order valence-electron chi connectivity index (χ3n) is 2.73. The molecule has 4 heteroatoms. The van der Waals surface area contributed by atoms with Crippen LogP contribution in [0.5, 0.6) is 11.5 Å². The van der Waals surface area contributed by atoms with Crippen LogP contribution in [0.3, 0.4) is 0 Å². The van der Waals surface area contributed by atoms with Crippen LogP contribution in [0.4, 0.5) is 5.69 Å². The Hall–Kier alpha value is -2.75. The van der Waals surface area contributed by atoms with Crippen molar-refractivity contribution in [1.82, 2.24) is 0 Å². The number of hydrogen-bond acceptors (Lipinski definition) is 3. The van der Waals surface area contributed by atoms with Crippen LogP contribution in [0.1, 0.15) is 12.5 Å². The second-order valence-corrected chi connectivity index (χ2v) is 4.37. The summed E-state index contributed by atoms with van der Waals surface area (Å²) < 4.78 is 5.33. The Kier molecular flexibility index (Phi) is 4.99. The molecule has 2 N–H and O–H groups in total. The van der Waals surface area contributed by atoms with Crippen LogP contribution in [0.25, 0.3) is 6.08 Å². The van der Waals surface area contributed by atoms with Crippen molar-refractivity contribution in [2.75, 3.05) is 11.9 Å². The number of nitrogens with one attached hydrogen (secondary N) is 1. The van der Waals surface area contributed by atoms with E-state index in [4.69, 9.17) is 4.74 Å². The molecule has 0 saturated carbocycles. The first kappa shape index (κ1) is 14.7. The lowest BCUT2D eigenvalue weighted by atomic mass is 10.2. The van der Waals surface area contributed by atoms with Crippen LogP contribution in [0, 0.1) is 0 Å². The number of phenols is 1. The summed E-state index contributed by atoms with van der Waals surface area (Å²) in [5, 5.41) is 12.1. The Morgan fingerprint density at radius 3 is 2.67 bits per heavy atom. The number of phenolic OH excluding ortho intramolecular Hbond substituents is 1. The van der Waals surface area contributed by atoms with Gasteiger partial charge >= 0.3 is 0 Å². The van der Waals surface area contributed by atoms with E-state index in [0.717, 1.165) is 11.3 Å². The van der Waals surface area contributed by atoms with E-state index in [1.54, 1.807) is 54.6 Å². The molecule has 0 aromatic heterocycles. The van der Waals surface area contributed by atoms with Gasteiger partial charge in [0.25, 0.3) is 0 Å². The Labute approximate surface area is 123 Å². The molecule has 0 aliphatic heterocycles. The molecule has 0 radical (unpaired) electrons. The van der Waals surface area contributed by atoms with Crippen LogP contribution < -0.4 is 10.1 Å². The number of ether oxygens (including phenoxy) is 1. The molecular formula is C17H17NO3. The van der Waals surface area contributed by atoms with Gasteiger partial charge in [-0.15, -0.1) is 0 Å². The lowest BCUT2D eigenvalue weighted by Gasteiger charge is -2.05. The van der Waals surface area contributed by atoms with Crippen molar-refractivity contribution in [1.29, 1.82) is 0 Å². The lowest BCUT2D eigenvalue weighted by Crippen LogP contribution is -2.07. The number of carbonyl (C=O) groups excluding carboxylic acids is 1. The third kappa shape index (κ3) is 4.69. The largest absolute Gasteiger partial charge is 0.508 e. The zero-order valence-electron chi connectivity index (χ0n) is 11.7. The number of aromatic hydroxyl groups is 1. The second-order valence-electron chi connectivity index (χ2n) is 4.37. The average Bonchev–Trinajstić information content (AvgIpc) is 2.48. The molecule has 0 aliphatic rings. The number of carbonyl (C=O) groups is 1. The highest BCUT2D eigenvalue weighted by Crippen LogP contribution is 2.16. The third-order valence-corrected chi connectivity index (χ3v) is 2.73. The quantitative estimate of drug-likeness (QED) is 0.826. The van der Waals surface area contributed by atoms with Gasteiger partial charge in [0.05, 0.1) is 6.61 Å². The molecule has 0 unspecified atom stereocenters. The molecular weight excluding hydrogens is 266 g/mol. The van der Waals surface area contributed by atoms with E-state index in [0.29, 0.717) is 12.3 Å². The molecule has 2 rings (SSSR count). The maximum Gasteiger partial charge on any atom is 0.248 e. The molecule has 2 aromatic carbocycles. The van der Waals surface area contributed by atoms with Gasteiger partial charge in [0, 0.05) is 11.8 Å². The molecule has 1 amide bonds. The van der Waals surface area contributed by atoms with Crippen molar-refractivity contribution in [2.24, 2.45) is 0 Å². The minimum Gasteiger partial charge on any atom is -0.508 e. The first-order valence-electron chi connectivity index (χ1n) is 6.68. The summed E-state index contributed by atoms with van der Waals surface area (Å²) in [4.78, 5) is 11.8. The van der Waals surface area contributed by atoms with Gasteiger partial charge in [0.2, 0.25) is 5.91 Å². The normalized spacial score (nSPS) is 10.5. The molecule has 0 heterocycles. The average molecular weight is 283 g/mol. The highest BCUT2D eigenvalue weighted by molar-refractivity contribution is 6.01. The Balaban J connectivity index is 1.95.